The van der Waals surface area contributed by atoms with Gasteiger partial charge in [-0.25, -0.2) is 0 Å². The Hall–Kier alpha value is -7.14. The Balaban J connectivity index is 0.856. The minimum absolute atomic E-state index is 0.0492. The molecule has 3 atom stereocenters. The number of hydrogen-bond donors (Lipinski definition) is 3. The molecule has 0 radical (unpaired) electrons. The Morgan fingerprint density at radius 2 is 1.67 bits per heavy atom. The molecule has 2 aliphatic rings. The van der Waals surface area contributed by atoms with E-state index in [1.165, 1.54) is 25.6 Å². The van der Waals surface area contributed by atoms with Crippen molar-refractivity contribution in [3.8, 4) is 11.5 Å². The Bertz CT molecular complexity index is 2760. The summed E-state index contributed by atoms with van der Waals surface area (Å²) in [5.74, 6) is -1.57. The van der Waals surface area contributed by atoms with Crippen LogP contribution in [0, 0.1) is 5.92 Å². The molecule has 67 heavy (non-hydrogen) atoms. The summed E-state index contributed by atoms with van der Waals surface area (Å²) in [5, 5.41) is 9.34. The molecule has 0 bridgehead atoms. The fourth-order valence-corrected chi connectivity index (χ4v) is 9.19. The van der Waals surface area contributed by atoms with Crippen molar-refractivity contribution >= 4 is 91.6 Å². The highest BCUT2D eigenvalue weighted by Gasteiger charge is 2.36. The van der Waals surface area contributed by atoms with Gasteiger partial charge in [0.2, 0.25) is 11.8 Å². The van der Waals surface area contributed by atoms with Crippen LogP contribution in [-0.2, 0) is 48.6 Å². The first kappa shape index (κ1) is 47.8. The highest BCUT2D eigenvalue weighted by atomic mass is 32.1. The number of aryl methyl sites for hydroxylation is 1. The molecule has 7 rings (SSSR count). The largest absolute Gasteiger partial charge is 0.493 e. The number of methoxy groups -OCH3 is 2. The number of amides is 4. The average molecular weight is 931 g/mol. The maximum atomic E-state index is 13.7. The van der Waals surface area contributed by atoms with E-state index >= 15 is 0 Å². The Kier molecular flexibility index (Phi) is 15.3. The SMILES string of the molecule is COC(=O)CCCCC(=O)C[C@@H](C)C(=O)N[C@@H](C)C(=O)Cc1cc2cc(NC(=O)c3cc(NC(=O)CCCOc4cc5c(cc4OC)C(=O)N4c6ccccc6C[C@H]4C=N5)cn3C)ccc2s1. The van der Waals surface area contributed by atoms with Crippen molar-refractivity contribution in [1.82, 2.24) is 9.88 Å². The van der Waals surface area contributed by atoms with E-state index < -0.39 is 12.0 Å². The van der Waals surface area contributed by atoms with Gasteiger partial charge in [-0.05, 0) is 79.6 Å². The van der Waals surface area contributed by atoms with Crippen molar-refractivity contribution in [1.29, 1.82) is 0 Å². The number of carbonyl (C=O) groups is 7. The average Bonchev–Trinajstić information content (AvgIpc) is 3.98. The Morgan fingerprint density at radius 1 is 0.881 bits per heavy atom. The minimum atomic E-state index is -0.761. The lowest BCUT2D eigenvalue weighted by Gasteiger charge is -2.22. The molecule has 3 N–H and O–H groups in total. The zero-order valence-electron chi connectivity index (χ0n) is 38.1. The summed E-state index contributed by atoms with van der Waals surface area (Å²) in [7, 11) is 4.53. The molecule has 5 aromatic rings. The molecule has 17 heteroatoms. The molecule has 4 heterocycles. The molecule has 0 saturated carbocycles. The van der Waals surface area contributed by atoms with Gasteiger partial charge in [0.25, 0.3) is 11.8 Å². The number of aliphatic imine (C=N–C) groups is 1. The quantitative estimate of drug-likeness (QED) is 0.0488. The lowest BCUT2D eigenvalue weighted by Crippen LogP contribution is -2.42. The minimum Gasteiger partial charge on any atom is -0.493 e. The number of carbonyl (C=O) groups excluding carboxylic acids is 7. The zero-order chi connectivity index (χ0) is 47.8. The molecule has 350 valence electrons. The third-order valence-corrected chi connectivity index (χ3v) is 12.9. The summed E-state index contributed by atoms with van der Waals surface area (Å²) in [6.07, 6.45) is 6.37. The van der Waals surface area contributed by atoms with Crippen molar-refractivity contribution in [2.24, 2.45) is 18.0 Å². The molecule has 2 aliphatic heterocycles. The monoisotopic (exact) mass is 930 g/mol. The number of fused-ring (bicyclic) bond motifs is 5. The van der Waals surface area contributed by atoms with Gasteiger partial charge in [0.1, 0.15) is 11.5 Å². The fourth-order valence-electron chi connectivity index (χ4n) is 8.13. The van der Waals surface area contributed by atoms with Gasteiger partial charge < -0.3 is 34.7 Å². The summed E-state index contributed by atoms with van der Waals surface area (Å²) in [4.78, 5) is 96.8. The van der Waals surface area contributed by atoms with Crippen LogP contribution >= 0.6 is 11.3 Å². The first-order valence-electron chi connectivity index (χ1n) is 22.2. The molecular weight excluding hydrogens is 877 g/mol. The van der Waals surface area contributed by atoms with E-state index in [0.717, 1.165) is 26.2 Å². The molecule has 0 unspecified atom stereocenters. The summed E-state index contributed by atoms with van der Waals surface area (Å²) >= 11 is 1.44. The van der Waals surface area contributed by atoms with Crippen molar-refractivity contribution in [2.45, 2.75) is 83.7 Å². The number of nitrogens with zero attached hydrogens (tertiary/aromatic N) is 3. The van der Waals surface area contributed by atoms with E-state index in [9.17, 15) is 33.6 Å². The lowest BCUT2D eigenvalue weighted by atomic mass is 9.99. The van der Waals surface area contributed by atoms with Crippen LogP contribution in [0.5, 0.6) is 11.5 Å². The second-order valence-corrected chi connectivity index (χ2v) is 18.0. The van der Waals surface area contributed by atoms with Crippen LogP contribution in [0.1, 0.15) is 90.1 Å². The van der Waals surface area contributed by atoms with Crippen molar-refractivity contribution < 1.29 is 47.8 Å². The first-order chi connectivity index (χ1) is 32.2. The Morgan fingerprint density at radius 3 is 2.46 bits per heavy atom. The van der Waals surface area contributed by atoms with Gasteiger partial charge in [-0.2, -0.15) is 0 Å². The zero-order valence-corrected chi connectivity index (χ0v) is 39.0. The molecule has 3 aromatic carbocycles. The second-order valence-electron chi connectivity index (χ2n) is 16.8. The molecule has 0 fully saturated rings. The molecule has 0 aliphatic carbocycles. The maximum absolute atomic E-state index is 13.7. The van der Waals surface area contributed by atoms with Crippen LogP contribution in [0.25, 0.3) is 10.1 Å². The van der Waals surface area contributed by atoms with Crippen molar-refractivity contribution in [3.05, 3.63) is 94.6 Å². The predicted molar refractivity (Wildman–Crippen MR) is 256 cm³/mol. The number of ether oxygens (including phenoxy) is 3. The van der Waals surface area contributed by atoms with Crippen LogP contribution < -0.4 is 30.3 Å². The lowest BCUT2D eigenvalue weighted by molar-refractivity contribution is -0.140. The number of rotatable bonds is 21. The third-order valence-electron chi connectivity index (χ3n) is 11.8. The van der Waals surface area contributed by atoms with E-state index in [2.05, 4.69) is 25.7 Å². The molecular formula is C50H54N6O10S. The number of ketones is 2. The van der Waals surface area contributed by atoms with E-state index in [1.807, 2.05) is 42.5 Å². The Labute approximate surface area is 392 Å². The van der Waals surface area contributed by atoms with Crippen LogP contribution in [0.3, 0.4) is 0 Å². The van der Waals surface area contributed by atoms with E-state index in [4.69, 9.17) is 9.47 Å². The number of esters is 1. The number of aromatic nitrogens is 1. The van der Waals surface area contributed by atoms with Gasteiger partial charge in [0.15, 0.2) is 17.3 Å². The van der Waals surface area contributed by atoms with E-state index in [-0.39, 0.29) is 85.9 Å². The second kappa shape index (κ2) is 21.4. The maximum Gasteiger partial charge on any atom is 0.305 e. The summed E-state index contributed by atoms with van der Waals surface area (Å²) in [6.45, 7) is 3.47. The molecule has 0 spiro atoms. The van der Waals surface area contributed by atoms with Gasteiger partial charge >= 0.3 is 5.97 Å². The summed E-state index contributed by atoms with van der Waals surface area (Å²) in [5.41, 5.74) is 4.19. The predicted octanol–water partition coefficient (Wildman–Crippen LogP) is 7.53. The van der Waals surface area contributed by atoms with Gasteiger partial charge in [-0.3, -0.25) is 43.5 Å². The fraction of sp³-hybridized carbons (Fsp3) is 0.360. The van der Waals surface area contributed by atoms with Crippen LogP contribution in [0.2, 0.25) is 0 Å². The smallest absolute Gasteiger partial charge is 0.305 e. The van der Waals surface area contributed by atoms with Gasteiger partial charge in [-0.15, -0.1) is 11.3 Å². The van der Waals surface area contributed by atoms with Crippen molar-refractivity contribution in [2.75, 3.05) is 36.4 Å². The number of hydrogen-bond acceptors (Lipinski definition) is 12. The van der Waals surface area contributed by atoms with Crippen LogP contribution in [-0.4, -0.2) is 84.9 Å². The number of Topliss-reactive ketones (excluding diaryl/α,β-unsaturated/α-hetero) is 2. The third kappa shape index (κ3) is 11.6. The molecule has 4 amide bonds. The van der Waals surface area contributed by atoms with Gasteiger partial charge in [0.05, 0.1) is 49.8 Å². The van der Waals surface area contributed by atoms with Gasteiger partial charge in [-0.1, -0.05) is 25.1 Å². The normalized spacial score (nSPS) is 14.6. The van der Waals surface area contributed by atoms with E-state index in [1.54, 1.807) is 67.0 Å². The molecule has 2 aromatic heterocycles. The summed E-state index contributed by atoms with van der Waals surface area (Å²) in [6, 6.07) is 19.2. The van der Waals surface area contributed by atoms with E-state index in [0.29, 0.717) is 65.5 Å². The number of benzene rings is 3. The highest BCUT2D eigenvalue weighted by Crippen LogP contribution is 2.41. The molecule has 0 saturated heterocycles. The molecule has 16 nitrogen and oxygen atoms in total. The number of anilines is 3. The number of thiophene rings is 1. The summed E-state index contributed by atoms with van der Waals surface area (Å²) < 4.78 is 18.8. The number of para-hydroxylation sites is 1. The number of nitrogens with one attached hydrogen (secondary N) is 3. The highest BCUT2D eigenvalue weighted by molar-refractivity contribution is 7.19. The van der Waals surface area contributed by atoms with Crippen LogP contribution in [0.15, 0.2) is 77.9 Å². The topological polar surface area (TPSA) is 204 Å². The van der Waals surface area contributed by atoms with Crippen molar-refractivity contribution in [3.63, 3.8) is 0 Å². The standard InChI is InChI=1S/C50H54N6O10S/c1-29(19-36(57)12-7-9-15-47(60)65-5)48(61)52-30(2)42(58)24-37-22-32-20-33(16-17-45(32)67-37)54-49(62)41-23-34(28-55(41)3)53-46(59)14-10-18-66-44-26-39-38(25-43(44)64-4)50(63)56-35(27-51-39)21-31-11-6-8-13-40(31)56/h6,8,11,13,16-17,20,22-23,25-30,35H,7,9-10,12,14-15,18-19,21,24H2,1-5H3,(H,52,61)(H,53,59)(H,54,62)/t29-,30+,35+/m1/s1. The van der Waals surface area contributed by atoms with Crippen LogP contribution in [0.4, 0.5) is 22.7 Å². The first-order valence-corrected chi connectivity index (χ1v) is 23.0. The number of unbranched alkanes of at least 4 members (excludes halogenated alkanes) is 1. The van der Waals surface area contributed by atoms with Gasteiger partial charge in [0, 0.05) is 90.9 Å².